The maximum atomic E-state index is 13.5. The Morgan fingerprint density at radius 1 is 0.949 bits per heavy atom. The van der Waals surface area contributed by atoms with Gasteiger partial charge in [0, 0.05) is 5.39 Å². The van der Waals surface area contributed by atoms with E-state index in [0.717, 1.165) is 16.5 Å². The summed E-state index contributed by atoms with van der Waals surface area (Å²) in [6, 6.07) is 27.9. The molecule has 2 aromatic heterocycles. The standard InChI is InChI=1S/C31H21Cl2N3O3/c1-19-7-6-8-20(13-19)18-38-29-24(32)14-21(15-25(29)33)17-34-36-30(28-16-22-9-2-5-12-27(22)39-28)35-26-11-4-3-10-23(26)31(36)37/h2-17H,18H2,1H3. The second-order valence-corrected chi connectivity index (χ2v) is 9.87. The number of aryl methyl sites for hydroxylation is 1. The van der Waals surface area contributed by atoms with E-state index < -0.39 is 0 Å². The molecular weight excluding hydrogens is 533 g/mol. The van der Waals surface area contributed by atoms with E-state index in [4.69, 9.17) is 37.3 Å². The van der Waals surface area contributed by atoms with E-state index in [0.29, 0.717) is 50.2 Å². The van der Waals surface area contributed by atoms with E-state index in [1.807, 2.05) is 67.6 Å². The fourth-order valence-corrected chi connectivity index (χ4v) is 4.97. The Kier molecular flexibility index (Phi) is 6.65. The molecule has 0 spiro atoms. The van der Waals surface area contributed by atoms with Gasteiger partial charge in [-0.15, -0.1) is 0 Å². The Balaban J connectivity index is 1.37. The zero-order valence-electron chi connectivity index (χ0n) is 20.8. The molecule has 0 N–H and O–H groups in total. The molecule has 6 nitrogen and oxygen atoms in total. The predicted octanol–water partition coefficient (Wildman–Crippen LogP) is 7.89. The summed E-state index contributed by atoms with van der Waals surface area (Å²) in [5.74, 6) is 1.08. The number of benzene rings is 4. The number of para-hydroxylation sites is 2. The van der Waals surface area contributed by atoms with Crippen molar-refractivity contribution in [2.24, 2.45) is 5.10 Å². The normalized spacial score (nSPS) is 11.6. The summed E-state index contributed by atoms with van der Waals surface area (Å²) in [7, 11) is 0. The predicted molar refractivity (Wildman–Crippen MR) is 156 cm³/mol. The Bertz CT molecular complexity index is 1890. The van der Waals surface area contributed by atoms with Gasteiger partial charge in [0.1, 0.15) is 12.2 Å². The van der Waals surface area contributed by atoms with Crippen molar-refractivity contribution in [1.29, 1.82) is 0 Å². The highest BCUT2D eigenvalue weighted by atomic mass is 35.5. The van der Waals surface area contributed by atoms with Crippen molar-refractivity contribution in [2.75, 3.05) is 0 Å². The summed E-state index contributed by atoms with van der Waals surface area (Å²) in [4.78, 5) is 18.2. The lowest BCUT2D eigenvalue weighted by atomic mass is 10.1. The molecular formula is C31H21Cl2N3O3. The summed E-state index contributed by atoms with van der Waals surface area (Å²) in [5.41, 5.74) is 3.64. The van der Waals surface area contributed by atoms with E-state index in [2.05, 4.69) is 5.10 Å². The van der Waals surface area contributed by atoms with Gasteiger partial charge in [0.2, 0.25) is 5.82 Å². The first-order chi connectivity index (χ1) is 19.0. The highest BCUT2D eigenvalue weighted by Crippen LogP contribution is 2.34. The minimum atomic E-state index is -0.331. The molecule has 0 aliphatic rings. The van der Waals surface area contributed by atoms with Crippen molar-refractivity contribution in [2.45, 2.75) is 13.5 Å². The second-order valence-electron chi connectivity index (χ2n) is 9.05. The Labute approximate surface area is 233 Å². The van der Waals surface area contributed by atoms with Crippen LogP contribution in [0.4, 0.5) is 0 Å². The maximum Gasteiger partial charge on any atom is 0.282 e. The molecule has 6 rings (SSSR count). The van der Waals surface area contributed by atoms with Gasteiger partial charge in [0.25, 0.3) is 5.56 Å². The molecule has 6 aromatic rings. The minimum Gasteiger partial charge on any atom is -0.486 e. The summed E-state index contributed by atoms with van der Waals surface area (Å²) >= 11 is 13.1. The zero-order chi connectivity index (χ0) is 26.9. The van der Waals surface area contributed by atoms with Crippen molar-refractivity contribution < 1.29 is 9.15 Å². The third-order valence-electron chi connectivity index (χ3n) is 6.21. The summed E-state index contributed by atoms with van der Waals surface area (Å²) < 4.78 is 13.2. The number of nitrogens with zero attached hydrogens (tertiary/aromatic N) is 3. The van der Waals surface area contributed by atoms with Crippen molar-refractivity contribution in [3.05, 3.63) is 128 Å². The molecule has 0 saturated heterocycles. The molecule has 39 heavy (non-hydrogen) atoms. The van der Waals surface area contributed by atoms with Crippen LogP contribution in [0.3, 0.4) is 0 Å². The van der Waals surface area contributed by atoms with Crippen LogP contribution in [0.25, 0.3) is 33.5 Å². The van der Waals surface area contributed by atoms with Crippen LogP contribution >= 0.6 is 23.2 Å². The minimum absolute atomic E-state index is 0.279. The highest BCUT2D eigenvalue weighted by Gasteiger charge is 2.17. The number of halogens is 2. The van der Waals surface area contributed by atoms with Crippen LogP contribution in [0, 0.1) is 6.92 Å². The fourth-order valence-electron chi connectivity index (χ4n) is 4.36. The first-order valence-corrected chi connectivity index (χ1v) is 12.9. The summed E-state index contributed by atoms with van der Waals surface area (Å²) in [5, 5.41) is 6.48. The lowest BCUT2D eigenvalue weighted by molar-refractivity contribution is 0.306. The van der Waals surface area contributed by atoms with E-state index in [9.17, 15) is 4.79 Å². The molecule has 2 heterocycles. The Hall–Kier alpha value is -4.39. The average molecular weight is 554 g/mol. The first-order valence-electron chi connectivity index (χ1n) is 12.2. The van der Waals surface area contributed by atoms with Gasteiger partial charge < -0.3 is 9.15 Å². The van der Waals surface area contributed by atoms with Crippen molar-refractivity contribution in [3.63, 3.8) is 0 Å². The monoisotopic (exact) mass is 553 g/mol. The van der Waals surface area contributed by atoms with Gasteiger partial charge in [-0.25, -0.2) is 4.98 Å². The van der Waals surface area contributed by atoms with Gasteiger partial charge in [-0.1, -0.05) is 83.4 Å². The van der Waals surface area contributed by atoms with Crippen LogP contribution in [-0.2, 0) is 6.61 Å². The molecule has 8 heteroatoms. The third-order valence-corrected chi connectivity index (χ3v) is 6.77. The molecule has 0 unspecified atom stereocenters. The number of furan rings is 1. The van der Waals surface area contributed by atoms with E-state index >= 15 is 0 Å². The van der Waals surface area contributed by atoms with Crippen molar-refractivity contribution >= 4 is 51.3 Å². The number of hydrogen-bond acceptors (Lipinski definition) is 5. The van der Waals surface area contributed by atoms with Gasteiger partial charge in [0.15, 0.2) is 11.5 Å². The molecule has 0 bridgehead atoms. The number of rotatable bonds is 6. The molecule has 0 saturated carbocycles. The van der Waals surface area contributed by atoms with E-state index in [1.54, 1.807) is 30.3 Å². The third kappa shape index (κ3) is 5.04. The topological polar surface area (TPSA) is 69.6 Å². The molecule has 0 fully saturated rings. The van der Waals surface area contributed by atoms with Crippen molar-refractivity contribution in [3.8, 4) is 17.3 Å². The second kappa shape index (κ2) is 10.4. The quantitative estimate of drug-likeness (QED) is 0.196. The maximum absolute atomic E-state index is 13.5. The van der Waals surface area contributed by atoms with Crippen LogP contribution in [0.1, 0.15) is 16.7 Å². The van der Waals surface area contributed by atoms with Crippen LogP contribution in [0.15, 0.2) is 105 Å². The Morgan fingerprint density at radius 2 is 1.72 bits per heavy atom. The molecule has 0 aliphatic heterocycles. The van der Waals surface area contributed by atoms with Crippen LogP contribution in [-0.4, -0.2) is 15.9 Å². The smallest absolute Gasteiger partial charge is 0.282 e. The SMILES string of the molecule is Cc1cccc(COc2c(Cl)cc(C=Nn3c(-c4cc5ccccc5o4)nc4ccccc4c3=O)cc2Cl)c1. The number of aromatic nitrogens is 2. The Morgan fingerprint density at radius 3 is 2.51 bits per heavy atom. The van der Waals surface area contributed by atoms with Crippen LogP contribution in [0.5, 0.6) is 5.75 Å². The van der Waals surface area contributed by atoms with Gasteiger partial charge in [-0.3, -0.25) is 4.79 Å². The molecule has 4 aromatic carbocycles. The average Bonchev–Trinajstić information content (AvgIpc) is 3.36. The number of fused-ring (bicyclic) bond motifs is 2. The summed E-state index contributed by atoms with van der Waals surface area (Å²) in [6.07, 6.45) is 1.51. The van der Waals surface area contributed by atoms with Gasteiger partial charge in [-0.2, -0.15) is 9.78 Å². The molecule has 0 atom stereocenters. The van der Waals surface area contributed by atoms with E-state index in [1.165, 1.54) is 10.9 Å². The molecule has 0 amide bonds. The fraction of sp³-hybridized carbons (Fsp3) is 0.0645. The lowest BCUT2D eigenvalue weighted by Gasteiger charge is -2.11. The largest absolute Gasteiger partial charge is 0.486 e. The zero-order valence-corrected chi connectivity index (χ0v) is 22.3. The van der Waals surface area contributed by atoms with Gasteiger partial charge >= 0.3 is 0 Å². The first kappa shape index (κ1) is 24.9. The highest BCUT2D eigenvalue weighted by molar-refractivity contribution is 6.37. The summed E-state index contributed by atoms with van der Waals surface area (Å²) in [6.45, 7) is 2.35. The number of ether oxygens (including phenoxy) is 1. The molecule has 0 radical (unpaired) electrons. The van der Waals surface area contributed by atoms with Crippen LogP contribution < -0.4 is 10.3 Å². The van der Waals surface area contributed by atoms with Crippen molar-refractivity contribution in [1.82, 2.24) is 9.66 Å². The van der Waals surface area contributed by atoms with E-state index in [-0.39, 0.29) is 11.4 Å². The van der Waals surface area contributed by atoms with Gasteiger partial charge in [0.05, 0.1) is 27.2 Å². The van der Waals surface area contributed by atoms with Crippen LogP contribution in [0.2, 0.25) is 10.0 Å². The molecule has 192 valence electrons. The van der Waals surface area contributed by atoms with Gasteiger partial charge in [-0.05, 0) is 54.4 Å². The molecule has 0 aliphatic carbocycles. The lowest BCUT2D eigenvalue weighted by Crippen LogP contribution is -2.20. The number of hydrogen-bond donors (Lipinski definition) is 0.